The van der Waals surface area contributed by atoms with Crippen LogP contribution in [0.3, 0.4) is 0 Å². The van der Waals surface area contributed by atoms with Gasteiger partial charge in [-0.3, -0.25) is 14.5 Å². The molecular formula is C19H21N3O4. The minimum Gasteiger partial charge on any atom is -0.459 e. The van der Waals surface area contributed by atoms with Gasteiger partial charge < -0.3 is 10.1 Å². The first kappa shape index (κ1) is 17.9. The predicted octanol–water partition coefficient (Wildman–Crippen LogP) is 2.10. The highest BCUT2D eigenvalue weighted by atomic mass is 16.5. The molecule has 0 unspecified atom stereocenters. The molecule has 136 valence electrons. The van der Waals surface area contributed by atoms with Crippen LogP contribution in [-0.2, 0) is 20.9 Å². The average molecular weight is 355 g/mol. The van der Waals surface area contributed by atoms with Crippen LogP contribution in [0.2, 0.25) is 0 Å². The largest absolute Gasteiger partial charge is 0.459 e. The molecule has 2 fully saturated rings. The van der Waals surface area contributed by atoms with Crippen molar-refractivity contribution in [2.24, 2.45) is 5.92 Å². The molecule has 1 saturated carbocycles. The Morgan fingerprint density at radius 3 is 2.96 bits per heavy atom. The van der Waals surface area contributed by atoms with Gasteiger partial charge in [0.05, 0.1) is 11.6 Å². The standard InChI is InChI=1S/C19H21N3O4/c1-13-5-2-3-8-19(13)17(24)22(18(25)21-19)11-16(23)26-12-15-7-4-6-14(9-15)10-20/h4,6-7,9,13H,2-3,5,8,11-12H2,1H3,(H,21,25)/t13-,19-/m1/s1. The molecule has 1 spiro atoms. The highest BCUT2D eigenvalue weighted by molar-refractivity contribution is 6.08. The van der Waals surface area contributed by atoms with Gasteiger partial charge in [-0.1, -0.05) is 31.9 Å². The maximum Gasteiger partial charge on any atom is 0.326 e. The Bertz CT molecular complexity index is 785. The quantitative estimate of drug-likeness (QED) is 0.659. The molecule has 2 atom stereocenters. The second kappa shape index (κ2) is 7.16. The Balaban J connectivity index is 1.61. The number of nitriles is 1. The van der Waals surface area contributed by atoms with E-state index in [1.807, 2.05) is 13.0 Å². The van der Waals surface area contributed by atoms with E-state index in [4.69, 9.17) is 10.00 Å². The van der Waals surface area contributed by atoms with E-state index >= 15 is 0 Å². The Morgan fingerprint density at radius 1 is 1.42 bits per heavy atom. The highest BCUT2D eigenvalue weighted by Crippen LogP contribution is 2.38. The molecule has 7 heteroatoms. The third-order valence-corrected chi connectivity index (χ3v) is 5.24. The summed E-state index contributed by atoms with van der Waals surface area (Å²) in [5.74, 6) is -0.947. The van der Waals surface area contributed by atoms with Gasteiger partial charge in [0.2, 0.25) is 0 Å². The van der Waals surface area contributed by atoms with Crippen LogP contribution in [-0.4, -0.2) is 34.9 Å². The Morgan fingerprint density at radius 2 is 2.23 bits per heavy atom. The minimum absolute atomic E-state index is 0.0143. The van der Waals surface area contributed by atoms with Crippen molar-refractivity contribution >= 4 is 17.9 Å². The highest BCUT2D eigenvalue weighted by Gasteiger charge is 2.55. The molecule has 1 aromatic carbocycles. The number of amides is 3. The van der Waals surface area contributed by atoms with E-state index in [0.717, 1.165) is 24.2 Å². The maximum atomic E-state index is 12.8. The van der Waals surface area contributed by atoms with Crippen molar-refractivity contribution in [2.45, 2.75) is 44.8 Å². The number of carbonyl (C=O) groups excluding carboxylic acids is 3. The zero-order chi connectivity index (χ0) is 18.7. The number of hydrogen-bond acceptors (Lipinski definition) is 5. The normalized spacial score (nSPS) is 25.1. The molecule has 1 aromatic rings. The summed E-state index contributed by atoms with van der Waals surface area (Å²) in [5.41, 5.74) is 0.268. The lowest BCUT2D eigenvalue weighted by molar-refractivity contribution is -0.149. The smallest absolute Gasteiger partial charge is 0.326 e. The van der Waals surface area contributed by atoms with Crippen LogP contribution in [0.4, 0.5) is 4.79 Å². The molecule has 3 amide bonds. The molecule has 0 bridgehead atoms. The molecule has 1 aliphatic carbocycles. The topological polar surface area (TPSA) is 99.5 Å². The first-order valence-electron chi connectivity index (χ1n) is 8.75. The summed E-state index contributed by atoms with van der Waals surface area (Å²) >= 11 is 0. The molecule has 7 nitrogen and oxygen atoms in total. The Labute approximate surface area is 151 Å². The van der Waals surface area contributed by atoms with Crippen molar-refractivity contribution < 1.29 is 19.1 Å². The predicted molar refractivity (Wildman–Crippen MR) is 91.6 cm³/mol. The van der Waals surface area contributed by atoms with E-state index in [9.17, 15) is 14.4 Å². The summed E-state index contributed by atoms with van der Waals surface area (Å²) in [4.78, 5) is 38.1. The number of nitrogens with one attached hydrogen (secondary N) is 1. The van der Waals surface area contributed by atoms with Crippen molar-refractivity contribution in [2.75, 3.05) is 6.54 Å². The van der Waals surface area contributed by atoms with E-state index in [-0.39, 0.29) is 18.4 Å². The van der Waals surface area contributed by atoms with Crippen LogP contribution >= 0.6 is 0 Å². The van der Waals surface area contributed by atoms with Gasteiger partial charge in [0.15, 0.2) is 0 Å². The molecule has 1 heterocycles. The molecule has 1 saturated heterocycles. The molecular weight excluding hydrogens is 334 g/mol. The molecule has 0 radical (unpaired) electrons. The van der Waals surface area contributed by atoms with E-state index in [2.05, 4.69) is 5.32 Å². The van der Waals surface area contributed by atoms with Crippen molar-refractivity contribution in [3.63, 3.8) is 0 Å². The fourth-order valence-electron chi connectivity index (χ4n) is 3.71. The van der Waals surface area contributed by atoms with Crippen LogP contribution in [0.5, 0.6) is 0 Å². The van der Waals surface area contributed by atoms with Crippen LogP contribution < -0.4 is 5.32 Å². The first-order chi connectivity index (χ1) is 12.5. The van der Waals surface area contributed by atoms with Gasteiger partial charge in [0, 0.05) is 0 Å². The number of carbonyl (C=O) groups is 3. The Hall–Kier alpha value is -2.88. The van der Waals surface area contributed by atoms with E-state index in [0.29, 0.717) is 17.5 Å². The number of esters is 1. The van der Waals surface area contributed by atoms with Crippen LogP contribution in [0.15, 0.2) is 24.3 Å². The minimum atomic E-state index is -0.878. The van der Waals surface area contributed by atoms with Crippen molar-refractivity contribution in [1.29, 1.82) is 5.26 Å². The first-order valence-corrected chi connectivity index (χ1v) is 8.75. The monoisotopic (exact) mass is 355 g/mol. The van der Waals surface area contributed by atoms with Crippen molar-refractivity contribution in [3.8, 4) is 6.07 Å². The number of rotatable bonds is 4. The lowest BCUT2D eigenvalue weighted by atomic mass is 9.73. The summed E-state index contributed by atoms with van der Waals surface area (Å²) in [5, 5.41) is 11.7. The number of hydrogen-bond donors (Lipinski definition) is 1. The lowest BCUT2D eigenvalue weighted by Crippen LogP contribution is -2.54. The van der Waals surface area contributed by atoms with Gasteiger partial charge in [0.25, 0.3) is 5.91 Å². The van der Waals surface area contributed by atoms with Crippen molar-refractivity contribution in [3.05, 3.63) is 35.4 Å². The zero-order valence-corrected chi connectivity index (χ0v) is 14.7. The van der Waals surface area contributed by atoms with Crippen LogP contribution in [0, 0.1) is 17.2 Å². The fourth-order valence-corrected chi connectivity index (χ4v) is 3.71. The molecule has 1 N–H and O–H groups in total. The second-order valence-electron chi connectivity index (χ2n) is 6.91. The fraction of sp³-hybridized carbons (Fsp3) is 0.474. The number of nitrogens with zero attached hydrogens (tertiary/aromatic N) is 2. The number of ether oxygens (including phenoxy) is 1. The van der Waals surface area contributed by atoms with Gasteiger partial charge in [0.1, 0.15) is 18.7 Å². The third-order valence-electron chi connectivity index (χ3n) is 5.24. The van der Waals surface area contributed by atoms with Gasteiger partial charge in [-0.25, -0.2) is 4.79 Å². The number of benzene rings is 1. The molecule has 3 rings (SSSR count). The number of imide groups is 1. The van der Waals surface area contributed by atoms with E-state index in [1.54, 1.807) is 24.3 Å². The Kier molecular flexibility index (Phi) is 4.94. The average Bonchev–Trinajstić information content (AvgIpc) is 2.88. The van der Waals surface area contributed by atoms with Gasteiger partial charge >= 0.3 is 12.0 Å². The van der Waals surface area contributed by atoms with Gasteiger partial charge in [-0.15, -0.1) is 0 Å². The maximum absolute atomic E-state index is 12.8. The van der Waals surface area contributed by atoms with Crippen LogP contribution in [0.1, 0.15) is 43.7 Å². The summed E-state index contributed by atoms with van der Waals surface area (Å²) in [6.07, 6.45) is 3.39. The van der Waals surface area contributed by atoms with Crippen LogP contribution in [0.25, 0.3) is 0 Å². The summed E-state index contributed by atoms with van der Waals surface area (Å²) in [6, 6.07) is 8.20. The molecule has 0 aromatic heterocycles. The number of urea groups is 1. The molecule has 26 heavy (non-hydrogen) atoms. The summed E-state index contributed by atoms with van der Waals surface area (Å²) < 4.78 is 5.17. The SMILES string of the molecule is C[C@@H]1CCCC[C@@]12NC(=O)N(CC(=O)OCc1cccc(C#N)c1)C2=O. The zero-order valence-electron chi connectivity index (χ0n) is 14.7. The van der Waals surface area contributed by atoms with Crippen molar-refractivity contribution in [1.82, 2.24) is 10.2 Å². The molecule has 2 aliphatic rings. The third kappa shape index (κ3) is 3.27. The summed E-state index contributed by atoms with van der Waals surface area (Å²) in [6.45, 7) is 1.54. The van der Waals surface area contributed by atoms with E-state index in [1.165, 1.54) is 0 Å². The lowest BCUT2D eigenvalue weighted by Gasteiger charge is -2.36. The van der Waals surface area contributed by atoms with E-state index < -0.39 is 24.1 Å². The second-order valence-corrected chi connectivity index (χ2v) is 6.91. The summed E-state index contributed by atoms with van der Waals surface area (Å²) in [7, 11) is 0. The van der Waals surface area contributed by atoms with Gasteiger partial charge in [-0.2, -0.15) is 5.26 Å². The molecule has 1 aliphatic heterocycles. The van der Waals surface area contributed by atoms with Gasteiger partial charge in [-0.05, 0) is 36.5 Å².